The van der Waals surface area contributed by atoms with Crippen LogP contribution in [0.15, 0.2) is 18.2 Å². The maximum absolute atomic E-state index is 12.1. The Hall–Kier alpha value is -1.30. The first-order valence-corrected chi connectivity index (χ1v) is 7.49. The van der Waals surface area contributed by atoms with E-state index in [1.54, 1.807) is 23.1 Å². The zero-order valence-electron chi connectivity index (χ0n) is 12.3. The standard InChI is InChI=1S/C15H20ClNO4/c1-3-19-15(20-4-2)7-8-17-12-9-11(16)5-6-13(12)21-10-14(17)18/h5-6,9,15H,3-4,7-8,10H2,1-2H3. The number of carbonyl (C=O) groups is 1. The highest BCUT2D eigenvalue weighted by molar-refractivity contribution is 6.31. The third-order valence-corrected chi connectivity index (χ3v) is 3.39. The second-order valence-corrected chi connectivity index (χ2v) is 5.01. The molecule has 0 atom stereocenters. The molecule has 1 aromatic carbocycles. The number of hydrogen-bond acceptors (Lipinski definition) is 4. The van der Waals surface area contributed by atoms with Crippen molar-refractivity contribution in [3.8, 4) is 5.75 Å². The number of ether oxygens (including phenoxy) is 3. The first kappa shape index (κ1) is 16.1. The number of amides is 1. The molecule has 0 radical (unpaired) electrons. The molecular formula is C15H20ClNO4. The van der Waals surface area contributed by atoms with Gasteiger partial charge in [-0.3, -0.25) is 4.79 Å². The van der Waals surface area contributed by atoms with Crippen LogP contribution in [-0.4, -0.2) is 38.6 Å². The molecule has 0 spiro atoms. The second-order valence-electron chi connectivity index (χ2n) is 4.58. The third-order valence-electron chi connectivity index (χ3n) is 3.16. The van der Waals surface area contributed by atoms with E-state index in [-0.39, 0.29) is 18.8 Å². The van der Waals surface area contributed by atoms with Crippen LogP contribution < -0.4 is 9.64 Å². The number of rotatable bonds is 7. The predicted molar refractivity (Wildman–Crippen MR) is 81.0 cm³/mol. The van der Waals surface area contributed by atoms with Crippen molar-refractivity contribution in [3.63, 3.8) is 0 Å². The molecule has 0 aliphatic carbocycles. The number of benzene rings is 1. The van der Waals surface area contributed by atoms with Crippen molar-refractivity contribution in [2.45, 2.75) is 26.6 Å². The lowest BCUT2D eigenvalue weighted by Gasteiger charge is -2.30. The van der Waals surface area contributed by atoms with E-state index < -0.39 is 0 Å². The van der Waals surface area contributed by atoms with Crippen LogP contribution in [0.4, 0.5) is 5.69 Å². The molecule has 0 aromatic heterocycles. The lowest BCUT2D eigenvalue weighted by Crippen LogP contribution is -2.40. The van der Waals surface area contributed by atoms with Crippen LogP contribution in [-0.2, 0) is 14.3 Å². The van der Waals surface area contributed by atoms with E-state index in [4.69, 9.17) is 25.8 Å². The van der Waals surface area contributed by atoms with Crippen LogP contribution in [0.1, 0.15) is 20.3 Å². The minimum Gasteiger partial charge on any atom is -0.482 e. The van der Waals surface area contributed by atoms with Gasteiger partial charge in [0.2, 0.25) is 0 Å². The van der Waals surface area contributed by atoms with Gasteiger partial charge in [-0.25, -0.2) is 0 Å². The first-order chi connectivity index (χ1) is 10.2. The second kappa shape index (κ2) is 7.64. The molecule has 1 heterocycles. The Morgan fingerprint density at radius 2 is 2.05 bits per heavy atom. The van der Waals surface area contributed by atoms with Gasteiger partial charge in [-0.1, -0.05) is 11.6 Å². The Kier molecular flexibility index (Phi) is 5.85. The van der Waals surface area contributed by atoms with Crippen molar-refractivity contribution in [1.29, 1.82) is 0 Å². The largest absolute Gasteiger partial charge is 0.482 e. The van der Waals surface area contributed by atoms with Gasteiger partial charge in [0.25, 0.3) is 5.91 Å². The molecule has 21 heavy (non-hydrogen) atoms. The molecule has 0 fully saturated rings. The molecule has 0 unspecified atom stereocenters. The van der Waals surface area contributed by atoms with Crippen LogP contribution >= 0.6 is 11.6 Å². The molecule has 1 aliphatic rings. The van der Waals surface area contributed by atoms with E-state index in [0.29, 0.717) is 42.6 Å². The Balaban J connectivity index is 2.08. The molecule has 1 amide bonds. The average Bonchev–Trinajstić information content (AvgIpc) is 2.46. The van der Waals surface area contributed by atoms with Gasteiger partial charge in [0.15, 0.2) is 12.9 Å². The Labute approximate surface area is 129 Å². The summed E-state index contributed by atoms with van der Waals surface area (Å²) in [5.41, 5.74) is 0.700. The lowest BCUT2D eigenvalue weighted by atomic mass is 10.2. The monoisotopic (exact) mass is 313 g/mol. The topological polar surface area (TPSA) is 48.0 Å². The molecule has 2 rings (SSSR count). The van der Waals surface area contributed by atoms with Crippen molar-refractivity contribution >= 4 is 23.2 Å². The maximum atomic E-state index is 12.1. The van der Waals surface area contributed by atoms with E-state index in [1.807, 2.05) is 13.8 Å². The van der Waals surface area contributed by atoms with Crippen molar-refractivity contribution in [2.24, 2.45) is 0 Å². The number of nitrogens with zero attached hydrogens (tertiary/aromatic N) is 1. The SMILES string of the molecule is CCOC(CCN1C(=O)COc2ccc(Cl)cc21)OCC. The zero-order valence-corrected chi connectivity index (χ0v) is 13.1. The minimum atomic E-state index is -0.307. The summed E-state index contributed by atoms with van der Waals surface area (Å²) in [6, 6.07) is 5.27. The normalized spacial score (nSPS) is 14.3. The van der Waals surface area contributed by atoms with Crippen LogP contribution in [0.5, 0.6) is 5.75 Å². The third kappa shape index (κ3) is 4.09. The van der Waals surface area contributed by atoms with E-state index in [0.717, 1.165) is 0 Å². The van der Waals surface area contributed by atoms with Gasteiger partial charge in [-0.05, 0) is 32.0 Å². The zero-order chi connectivity index (χ0) is 15.2. The summed E-state index contributed by atoms with van der Waals surface area (Å²) >= 11 is 6.01. The highest BCUT2D eigenvalue weighted by Crippen LogP contribution is 2.34. The lowest BCUT2D eigenvalue weighted by molar-refractivity contribution is -0.139. The maximum Gasteiger partial charge on any atom is 0.265 e. The van der Waals surface area contributed by atoms with E-state index in [9.17, 15) is 4.79 Å². The molecule has 1 aliphatic heterocycles. The molecule has 6 heteroatoms. The van der Waals surface area contributed by atoms with Gasteiger partial charge in [0.1, 0.15) is 5.75 Å². The van der Waals surface area contributed by atoms with Crippen molar-refractivity contribution in [3.05, 3.63) is 23.2 Å². The Morgan fingerprint density at radius 3 is 2.71 bits per heavy atom. The average molecular weight is 314 g/mol. The van der Waals surface area contributed by atoms with Crippen molar-refractivity contribution < 1.29 is 19.0 Å². The summed E-state index contributed by atoms with van der Waals surface area (Å²) < 4.78 is 16.4. The Morgan fingerprint density at radius 1 is 1.33 bits per heavy atom. The van der Waals surface area contributed by atoms with E-state index >= 15 is 0 Å². The first-order valence-electron chi connectivity index (χ1n) is 7.11. The van der Waals surface area contributed by atoms with Crippen LogP contribution in [0.2, 0.25) is 5.02 Å². The molecular weight excluding hydrogens is 294 g/mol. The quantitative estimate of drug-likeness (QED) is 0.726. The number of fused-ring (bicyclic) bond motifs is 1. The van der Waals surface area contributed by atoms with Crippen LogP contribution in [0, 0.1) is 0 Å². The number of anilines is 1. The molecule has 1 aromatic rings. The molecule has 0 bridgehead atoms. The van der Waals surface area contributed by atoms with Crippen LogP contribution in [0.3, 0.4) is 0 Å². The van der Waals surface area contributed by atoms with Gasteiger partial charge < -0.3 is 19.1 Å². The van der Waals surface area contributed by atoms with Crippen LogP contribution in [0.25, 0.3) is 0 Å². The molecule has 0 saturated carbocycles. The summed E-state index contributed by atoms with van der Waals surface area (Å²) in [7, 11) is 0. The number of carbonyl (C=O) groups excluding carboxylic acids is 1. The summed E-state index contributed by atoms with van der Waals surface area (Å²) in [6.07, 6.45) is 0.289. The van der Waals surface area contributed by atoms with Crippen molar-refractivity contribution in [1.82, 2.24) is 0 Å². The summed E-state index contributed by atoms with van der Waals surface area (Å²) in [4.78, 5) is 13.7. The Bertz CT molecular complexity index is 489. The fraction of sp³-hybridized carbons (Fsp3) is 0.533. The van der Waals surface area contributed by atoms with Crippen molar-refractivity contribution in [2.75, 3.05) is 31.3 Å². The number of halogens is 1. The minimum absolute atomic E-state index is 0.0442. The predicted octanol–water partition coefficient (Wildman–Crippen LogP) is 2.85. The van der Waals surface area contributed by atoms with Gasteiger partial charge in [-0.2, -0.15) is 0 Å². The summed E-state index contributed by atoms with van der Waals surface area (Å²) in [5.74, 6) is 0.583. The van der Waals surface area contributed by atoms with Gasteiger partial charge in [-0.15, -0.1) is 0 Å². The smallest absolute Gasteiger partial charge is 0.265 e. The fourth-order valence-corrected chi connectivity index (χ4v) is 2.41. The van der Waals surface area contributed by atoms with E-state index in [2.05, 4.69) is 0 Å². The summed E-state index contributed by atoms with van der Waals surface area (Å²) in [5, 5.41) is 0.572. The fourth-order valence-electron chi connectivity index (χ4n) is 2.24. The summed E-state index contributed by atoms with van der Waals surface area (Å²) in [6.45, 7) is 5.53. The highest BCUT2D eigenvalue weighted by Gasteiger charge is 2.26. The molecule has 116 valence electrons. The van der Waals surface area contributed by atoms with Gasteiger partial charge >= 0.3 is 0 Å². The number of hydrogen-bond donors (Lipinski definition) is 0. The molecule has 5 nitrogen and oxygen atoms in total. The van der Waals surface area contributed by atoms with E-state index in [1.165, 1.54) is 0 Å². The molecule has 0 saturated heterocycles. The van der Waals surface area contributed by atoms with Gasteiger partial charge in [0.05, 0.1) is 5.69 Å². The molecule has 0 N–H and O–H groups in total. The van der Waals surface area contributed by atoms with Gasteiger partial charge in [0, 0.05) is 31.2 Å². The highest BCUT2D eigenvalue weighted by atomic mass is 35.5.